The standard InChI is InChI=1S/C20H28N2O3/c1-14-5-7-16(8-6-14)25-10-9-22-17(23)20(21-18(22)24)12-15(2)11-19(3,4)13-20/h5-8,15H,9-13H2,1-4H3,(H,21,24)/t15-,20-/m1/s1. The highest BCUT2D eigenvalue weighted by Crippen LogP contribution is 2.46. The van der Waals surface area contributed by atoms with Crippen LogP contribution < -0.4 is 10.1 Å². The van der Waals surface area contributed by atoms with Gasteiger partial charge in [-0.3, -0.25) is 9.69 Å². The van der Waals surface area contributed by atoms with Gasteiger partial charge in [-0.25, -0.2) is 4.79 Å². The van der Waals surface area contributed by atoms with E-state index < -0.39 is 5.54 Å². The molecule has 0 radical (unpaired) electrons. The molecule has 1 aromatic carbocycles. The van der Waals surface area contributed by atoms with Gasteiger partial charge in [0.15, 0.2) is 0 Å². The van der Waals surface area contributed by atoms with Crippen LogP contribution in [0.2, 0.25) is 0 Å². The van der Waals surface area contributed by atoms with Gasteiger partial charge >= 0.3 is 6.03 Å². The Morgan fingerprint density at radius 2 is 1.88 bits per heavy atom. The number of carbonyl (C=O) groups excluding carboxylic acids is 2. The summed E-state index contributed by atoms with van der Waals surface area (Å²) in [6.07, 6.45) is 2.50. The third kappa shape index (κ3) is 3.65. The number of hydrogen-bond donors (Lipinski definition) is 1. The van der Waals surface area contributed by atoms with E-state index >= 15 is 0 Å². The minimum absolute atomic E-state index is 0.0506. The first-order valence-electron chi connectivity index (χ1n) is 9.04. The Balaban J connectivity index is 1.64. The Labute approximate surface area is 149 Å². The van der Waals surface area contributed by atoms with Crippen molar-refractivity contribution in [1.82, 2.24) is 10.2 Å². The van der Waals surface area contributed by atoms with Gasteiger partial charge in [-0.1, -0.05) is 38.5 Å². The first kappa shape index (κ1) is 17.8. The van der Waals surface area contributed by atoms with Crippen molar-refractivity contribution in [2.75, 3.05) is 13.2 Å². The topological polar surface area (TPSA) is 58.6 Å². The van der Waals surface area contributed by atoms with Crippen LogP contribution in [0.25, 0.3) is 0 Å². The molecule has 1 aliphatic heterocycles. The predicted molar refractivity (Wildman–Crippen MR) is 96.4 cm³/mol. The number of rotatable bonds is 4. The van der Waals surface area contributed by atoms with Gasteiger partial charge in [0.1, 0.15) is 17.9 Å². The Morgan fingerprint density at radius 3 is 2.52 bits per heavy atom. The zero-order valence-electron chi connectivity index (χ0n) is 15.6. The molecule has 2 atom stereocenters. The van der Waals surface area contributed by atoms with Crippen molar-refractivity contribution in [3.63, 3.8) is 0 Å². The van der Waals surface area contributed by atoms with E-state index in [-0.39, 0.29) is 23.9 Å². The molecule has 2 fully saturated rings. The smallest absolute Gasteiger partial charge is 0.325 e. The van der Waals surface area contributed by atoms with Crippen LogP contribution in [0.3, 0.4) is 0 Å². The van der Waals surface area contributed by atoms with Crippen LogP contribution in [0.4, 0.5) is 4.79 Å². The van der Waals surface area contributed by atoms with Crippen molar-refractivity contribution >= 4 is 11.9 Å². The minimum atomic E-state index is -0.734. The maximum Gasteiger partial charge on any atom is 0.325 e. The number of benzene rings is 1. The fourth-order valence-corrected chi connectivity index (χ4v) is 4.60. The lowest BCUT2D eigenvalue weighted by Crippen LogP contribution is -2.54. The Bertz CT molecular complexity index is 668. The number of carbonyl (C=O) groups is 2. The summed E-state index contributed by atoms with van der Waals surface area (Å²) >= 11 is 0. The number of hydrogen-bond acceptors (Lipinski definition) is 3. The SMILES string of the molecule is Cc1ccc(OCCN2C(=O)N[C@@]3(C[C@H](C)CC(C)(C)C3)C2=O)cc1. The zero-order valence-corrected chi connectivity index (χ0v) is 15.6. The molecule has 2 aliphatic rings. The predicted octanol–water partition coefficient (Wildman–Crippen LogP) is 3.51. The van der Waals surface area contributed by atoms with Crippen molar-refractivity contribution in [3.05, 3.63) is 29.8 Å². The van der Waals surface area contributed by atoms with Crippen LogP contribution >= 0.6 is 0 Å². The van der Waals surface area contributed by atoms with E-state index in [9.17, 15) is 9.59 Å². The highest BCUT2D eigenvalue weighted by molar-refractivity contribution is 6.07. The van der Waals surface area contributed by atoms with E-state index in [4.69, 9.17) is 4.74 Å². The number of imide groups is 1. The summed E-state index contributed by atoms with van der Waals surface area (Å²) in [7, 11) is 0. The molecule has 1 N–H and O–H groups in total. The van der Waals surface area contributed by atoms with E-state index in [0.29, 0.717) is 18.9 Å². The molecular formula is C20H28N2O3. The Morgan fingerprint density at radius 1 is 1.20 bits per heavy atom. The molecular weight excluding hydrogens is 316 g/mol. The summed E-state index contributed by atoms with van der Waals surface area (Å²) < 4.78 is 5.68. The van der Waals surface area contributed by atoms with Gasteiger partial charge in [-0.15, -0.1) is 0 Å². The molecule has 3 amide bonds. The van der Waals surface area contributed by atoms with E-state index in [1.54, 1.807) is 0 Å². The number of urea groups is 1. The largest absolute Gasteiger partial charge is 0.492 e. The van der Waals surface area contributed by atoms with E-state index in [0.717, 1.165) is 24.2 Å². The molecule has 25 heavy (non-hydrogen) atoms. The van der Waals surface area contributed by atoms with Crippen LogP contribution in [0, 0.1) is 18.3 Å². The summed E-state index contributed by atoms with van der Waals surface area (Å²) in [5.74, 6) is 1.07. The second-order valence-corrected chi connectivity index (χ2v) is 8.48. The second kappa shape index (κ2) is 6.36. The Kier molecular flexibility index (Phi) is 4.52. The highest BCUT2D eigenvalue weighted by Gasteiger charge is 2.55. The van der Waals surface area contributed by atoms with E-state index in [2.05, 4.69) is 26.1 Å². The van der Waals surface area contributed by atoms with Crippen LogP contribution in [0.15, 0.2) is 24.3 Å². The molecule has 5 nitrogen and oxygen atoms in total. The van der Waals surface area contributed by atoms with Crippen LogP contribution in [-0.4, -0.2) is 35.5 Å². The maximum absolute atomic E-state index is 13.0. The average Bonchev–Trinajstić information content (AvgIpc) is 2.70. The van der Waals surface area contributed by atoms with Gasteiger partial charge in [-0.2, -0.15) is 0 Å². The van der Waals surface area contributed by atoms with E-state index in [1.165, 1.54) is 4.90 Å². The van der Waals surface area contributed by atoms with Gasteiger partial charge in [0.25, 0.3) is 5.91 Å². The Hall–Kier alpha value is -2.04. The molecule has 1 heterocycles. The molecule has 1 spiro atoms. The lowest BCUT2D eigenvalue weighted by atomic mass is 9.64. The summed E-state index contributed by atoms with van der Waals surface area (Å²) in [4.78, 5) is 26.7. The molecule has 0 unspecified atom stereocenters. The van der Waals surface area contributed by atoms with Crippen LogP contribution in [0.1, 0.15) is 45.6 Å². The van der Waals surface area contributed by atoms with Gasteiger partial charge in [0.05, 0.1) is 6.54 Å². The molecule has 136 valence electrons. The lowest BCUT2D eigenvalue weighted by molar-refractivity contribution is -0.135. The van der Waals surface area contributed by atoms with Crippen molar-refractivity contribution in [2.24, 2.45) is 11.3 Å². The molecule has 1 saturated carbocycles. The summed E-state index contributed by atoms with van der Waals surface area (Å²) in [6.45, 7) is 9.10. The lowest BCUT2D eigenvalue weighted by Gasteiger charge is -2.43. The highest BCUT2D eigenvalue weighted by atomic mass is 16.5. The third-order valence-electron chi connectivity index (χ3n) is 5.23. The van der Waals surface area contributed by atoms with Crippen LogP contribution in [-0.2, 0) is 4.79 Å². The maximum atomic E-state index is 13.0. The molecule has 1 aliphatic carbocycles. The van der Waals surface area contributed by atoms with E-state index in [1.807, 2.05) is 31.2 Å². The van der Waals surface area contributed by atoms with Gasteiger partial charge in [-0.05, 0) is 49.7 Å². The zero-order chi connectivity index (χ0) is 18.2. The van der Waals surface area contributed by atoms with Crippen molar-refractivity contribution in [3.8, 4) is 5.75 Å². The molecule has 5 heteroatoms. The third-order valence-corrected chi connectivity index (χ3v) is 5.23. The number of amides is 3. The number of aryl methyl sites for hydroxylation is 1. The number of nitrogens with zero attached hydrogens (tertiary/aromatic N) is 1. The second-order valence-electron chi connectivity index (χ2n) is 8.48. The summed E-state index contributed by atoms with van der Waals surface area (Å²) in [6, 6.07) is 7.46. The molecule has 0 aromatic heterocycles. The molecule has 3 rings (SSSR count). The summed E-state index contributed by atoms with van der Waals surface area (Å²) in [5.41, 5.74) is 0.481. The van der Waals surface area contributed by atoms with Gasteiger partial charge in [0.2, 0.25) is 0 Å². The molecule has 1 aromatic rings. The van der Waals surface area contributed by atoms with Crippen molar-refractivity contribution in [2.45, 2.75) is 52.5 Å². The molecule has 0 bridgehead atoms. The van der Waals surface area contributed by atoms with Crippen LogP contribution in [0.5, 0.6) is 5.75 Å². The fraction of sp³-hybridized carbons (Fsp3) is 0.600. The van der Waals surface area contributed by atoms with Crippen molar-refractivity contribution in [1.29, 1.82) is 0 Å². The number of ether oxygens (including phenoxy) is 1. The summed E-state index contributed by atoms with van der Waals surface area (Å²) in [5, 5.41) is 2.99. The van der Waals surface area contributed by atoms with Crippen molar-refractivity contribution < 1.29 is 14.3 Å². The quantitative estimate of drug-likeness (QED) is 0.850. The number of nitrogens with one attached hydrogen (secondary N) is 1. The molecule has 1 saturated heterocycles. The van der Waals surface area contributed by atoms with Gasteiger partial charge < -0.3 is 10.1 Å². The first-order valence-corrected chi connectivity index (χ1v) is 9.04. The fourth-order valence-electron chi connectivity index (χ4n) is 4.60. The normalized spacial score (nSPS) is 28.3. The minimum Gasteiger partial charge on any atom is -0.492 e. The monoisotopic (exact) mass is 344 g/mol. The van der Waals surface area contributed by atoms with Gasteiger partial charge in [0, 0.05) is 0 Å². The first-order chi connectivity index (χ1) is 11.7. The average molecular weight is 344 g/mol.